The number of hydrogen-bond donors (Lipinski definition) is 2. The highest BCUT2D eigenvalue weighted by Crippen LogP contribution is 2.32. The topological polar surface area (TPSA) is 93.9 Å². The van der Waals surface area contributed by atoms with E-state index in [0.29, 0.717) is 11.5 Å². The van der Waals surface area contributed by atoms with Crippen LogP contribution in [0.3, 0.4) is 0 Å². The largest absolute Gasteiger partial charge is 0.496 e. The predicted molar refractivity (Wildman–Crippen MR) is 84.6 cm³/mol. The van der Waals surface area contributed by atoms with Crippen LogP contribution in [0.15, 0.2) is 30.3 Å². The van der Waals surface area contributed by atoms with Gasteiger partial charge in [0.15, 0.2) is 0 Å². The number of nitrogens with two attached hydrogens (primary N) is 1. The average Bonchev–Trinajstić information content (AvgIpc) is 2.89. The number of amides is 3. The van der Waals surface area contributed by atoms with Crippen LogP contribution in [0.4, 0.5) is 9.28 Å². The minimum Gasteiger partial charge on any atom is -0.496 e. The van der Waals surface area contributed by atoms with Gasteiger partial charge in [-0.05, 0) is 23.6 Å². The van der Waals surface area contributed by atoms with Crippen molar-refractivity contribution in [1.29, 1.82) is 0 Å². The van der Waals surface area contributed by atoms with Crippen LogP contribution in [0, 0.1) is 0 Å². The molecule has 0 bridgehead atoms. The molecule has 2 aromatic carbocycles. The van der Waals surface area contributed by atoms with Crippen LogP contribution in [0.5, 0.6) is 11.5 Å². The van der Waals surface area contributed by atoms with Crippen molar-refractivity contribution in [3.63, 3.8) is 0 Å². The molecule has 2 aromatic rings. The van der Waals surface area contributed by atoms with Gasteiger partial charge in [-0.1, -0.05) is 16.6 Å². The van der Waals surface area contributed by atoms with Gasteiger partial charge in [-0.25, -0.2) is 4.79 Å². The zero-order valence-corrected chi connectivity index (χ0v) is 12.9. The van der Waals surface area contributed by atoms with E-state index in [0.717, 1.165) is 10.8 Å². The number of halogens is 1. The molecule has 0 radical (unpaired) electrons. The number of rotatable bonds is 5. The first-order valence-corrected chi connectivity index (χ1v) is 7.26. The molecule has 0 aliphatic carbocycles. The van der Waals surface area contributed by atoms with Gasteiger partial charge in [-0.3, -0.25) is 4.79 Å². The van der Waals surface area contributed by atoms with E-state index in [9.17, 15) is 14.1 Å². The van der Waals surface area contributed by atoms with E-state index in [2.05, 4.69) is 5.32 Å². The fourth-order valence-electron chi connectivity index (χ4n) is 2.62. The molecule has 0 saturated carbocycles. The number of fused-ring (bicyclic) bond motifs is 1. The van der Waals surface area contributed by atoms with Gasteiger partial charge in [-0.2, -0.15) is 5.12 Å². The summed E-state index contributed by atoms with van der Waals surface area (Å²) in [5.41, 5.74) is 5.63. The second-order valence-corrected chi connectivity index (χ2v) is 5.40. The Balaban J connectivity index is 1.88. The summed E-state index contributed by atoms with van der Waals surface area (Å²) in [4.78, 5) is 22.6. The van der Waals surface area contributed by atoms with Crippen LogP contribution in [0.25, 0.3) is 10.8 Å². The van der Waals surface area contributed by atoms with E-state index < -0.39 is 18.0 Å². The number of methoxy groups -OCH3 is 1. The Morgan fingerprint density at radius 3 is 2.83 bits per heavy atom. The SMILES string of the molecule is COc1cc2c(OC[C@@H]3CN(F)C(=O)N3)cccc2cc1C(N)=O. The predicted octanol–water partition coefficient (Wildman–Crippen LogP) is 1.60. The highest BCUT2D eigenvalue weighted by atomic mass is 19.2. The molecule has 1 atom stereocenters. The summed E-state index contributed by atoms with van der Waals surface area (Å²) in [6, 6.07) is 7.41. The number of nitrogens with one attached hydrogen (secondary N) is 1. The van der Waals surface area contributed by atoms with Gasteiger partial charge in [0.05, 0.1) is 25.3 Å². The van der Waals surface area contributed by atoms with Gasteiger partial charge < -0.3 is 20.5 Å². The molecule has 126 valence electrons. The van der Waals surface area contributed by atoms with E-state index >= 15 is 0 Å². The number of hydrogen-bond acceptors (Lipinski definition) is 4. The van der Waals surface area contributed by atoms with Crippen LogP contribution < -0.4 is 20.5 Å². The molecule has 1 fully saturated rings. The Labute approximate surface area is 137 Å². The van der Waals surface area contributed by atoms with Gasteiger partial charge in [0.1, 0.15) is 18.1 Å². The second-order valence-electron chi connectivity index (χ2n) is 5.40. The summed E-state index contributed by atoms with van der Waals surface area (Å²) in [6.45, 7) is 0.0455. The Morgan fingerprint density at radius 2 is 2.21 bits per heavy atom. The maximum Gasteiger partial charge on any atom is 0.345 e. The fourth-order valence-corrected chi connectivity index (χ4v) is 2.62. The lowest BCUT2D eigenvalue weighted by Gasteiger charge is -2.14. The van der Waals surface area contributed by atoms with Crippen molar-refractivity contribution in [2.24, 2.45) is 5.73 Å². The maximum absolute atomic E-state index is 13.1. The number of ether oxygens (including phenoxy) is 2. The van der Waals surface area contributed by atoms with Crippen LogP contribution in [-0.4, -0.2) is 43.4 Å². The number of nitrogens with zero attached hydrogens (tertiary/aromatic N) is 1. The first kappa shape index (κ1) is 15.9. The smallest absolute Gasteiger partial charge is 0.345 e. The summed E-state index contributed by atoms with van der Waals surface area (Å²) in [7, 11) is 1.45. The Hall–Kier alpha value is -3.03. The van der Waals surface area contributed by atoms with Crippen molar-refractivity contribution in [3.8, 4) is 11.5 Å². The van der Waals surface area contributed by atoms with Crippen LogP contribution in [0.1, 0.15) is 10.4 Å². The first-order chi connectivity index (χ1) is 11.5. The zero-order chi connectivity index (χ0) is 17.3. The molecule has 0 spiro atoms. The van der Waals surface area contributed by atoms with Gasteiger partial charge >= 0.3 is 6.03 Å². The highest BCUT2D eigenvalue weighted by Gasteiger charge is 2.29. The fraction of sp³-hybridized carbons (Fsp3) is 0.250. The first-order valence-electron chi connectivity index (χ1n) is 7.26. The minimum atomic E-state index is -0.769. The van der Waals surface area contributed by atoms with Crippen molar-refractivity contribution in [3.05, 3.63) is 35.9 Å². The van der Waals surface area contributed by atoms with Crippen molar-refractivity contribution in [1.82, 2.24) is 10.4 Å². The summed E-state index contributed by atoms with van der Waals surface area (Å²) < 4.78 is 24.0. The summed E-state index contributed by atoms with van der Waals surface area (Å²) in [5.74, 6) is 0.292. The molecule has 0 aromatic heterocycles. The molecule has 1 saturated heterocycles. The number of benzene rings is 2. The molecule has 3 rings (SSSR count). The number of primary amides is 1. The summed E-state index contributed by atoms with van der Waals surface area (Å²) in [6.07, 6.45) is 0. The lowest BCUT2D eigenvalue weighted by molar-refractivity contribution is 0.0865. The second kappa shape index (κ2) is 6.23. The molecule has 0 unspecified atom stereocenters. The van der Waals surface area contributed by atoms with Crippen LogP contribution >= 0.6 is 0 Å². The molecule has 1 aliphatic rings. The average molecular weight is 333 g/mol. The molecule has 7 nitrogen and oxygen atoms in total. The monoisotopic (exact) mass is 333 g/mol. The van der Waals surface area contributed by atoms with Gasteiger partial charge in [0.2, 0.25) is 0 Å². The molecule has 1 heterocycles. The Bertz CT molecular complexity index is 811. The van der Waals surface area contributed by atoms with Crippen molar-refractivity contribution >= 4 is 22.7 Å². The van der Waals surface area contributed by atoms with E-state index in [1.165, 1.54) is 7.11 Å². The third-order valence-electron chi connectivity index (χ3n) is 3.79. The minimum absolute atomic E-state index is 0.0707. The van der Waals surface area contributed by atoms with Crippen molar-refractivity contribution in [2.45, 2.75) is 6.04 Å². The van der Waals surface area contributed by atoms with Crippen molar-refractivity contribution in [2.75, 3.05) is 20.3 Å². The van der Waals surface area contributed by atoms with E-state index in [-0.39, 0.29) is 23.8 Å². The summed E-state index contributed by atoms with van der Waals surface area (Å²) in [5, 5.41) is 4.06. The maximum atomic E-state index is 13.1. The van der Waals surface area contributed by atoms with Gasteiger partial charge in [0.25, 0.3) is 5.91 Å². The number of carbonyl (C=O) groups excluding carboxylic acids is 2. The van der Waals surface area contributed by atoms with E-state index in [4.69, 9.17) is 15.2 Å². The standard InChI is InChI=1S/C16H16FN3O4/c1-23-14-6-11-9(5-12(14)15(18)21)3-2-4-13(11)24-8-10-7-20(17)16(22)19-10/h2-6,10H,7-8H2,1H3,(H2,18,21)(H,19,22)/t10-/m0/s1. The normalized spacial score (nSPS) is 17.0. The lowest BCUT2D eigenvalue weighted by Crippen LogP contribution is -2.32. The van der Waals surface area contributed by atoms with Crippen LogP contribution in [-0.2, 0) is 0 Å². The molecule has 1 aliphatic heterocycles. The molecule has 3 N–H and O–H groups in total. The Kier molecular flexibility index (Phi) is 4.11. The summed E-state index contributed by atoms with van der Waals surface area (Å²) >= 11 is 0. The molecule has 24 heavy (non-hydrogen) atoms. The molecular weight excluding hydrogens is 317 g/mol. The van der Waals surface area contributed by atoms with Gasteiger partial charge in [0, 0.05) is 5.39 Å². The zero-order valence-electron chi connectivity index (χ0n) is 12.9. The number of urea groups is 1. The number of carbonyl (C=O) groups is 2. The van der Waals surface area contributed by atoms with Crippen molar-refractivity contribution < 1.29 is 23.5 Å². The van der Waals surface area contributed by atoms with Gasteiger partial charge in [-0.15, -0.1) is 0 Å². The van der Waals surface area contributed by atoms with Crippen LogP contribution in [0.2, 0.25) is 0 Å². The molecule has 8 heteroatoms. The molecular formula is C16H16FN3O4. The Morgan fingerprint density at radius 1 is 1.42 bits per heavy atom. The molecule has 3 amide bonds. The van der Waals surface area contributed by atoms with E-state index in [1.807, 2.05) is 6.07 Å². The third kappa shape index (κ3) is 2.90. The van der Waals surface area contributed by atoms with E-state index in [1.54, 1.807) is 24.3 Å². The lowest BCUT2D eigenvalue weighted by atomic mass is 10.0. The third-order valence-corrected chi connectivity index (χ3v) is 3.79. The highest BCUT2D eigenvalue weighted by molar-refractivity contribution is 6.02. The quantitative estimate of drug-likeness (QED) is 0.813.